The first-order valence-electron chi connectivity index (χ1n) is 31.6. The number of carbonyl (C=O) groups is 11. The summed E-state index contributed by atoms with van der Waals surface area (Å²) >= 11 is 0. The summed E-state index contributed by atoms with van der Waals surface area (Å²) in [5, 5.41) is 45.9. The van der Waals surface area contributed by atoms with Gasteiger partial charge in [-0.2, -0.15) is 0 Å². The lowest BCUT2D eigenvalue weighted by molar-refractivity contribution is -0.142. The third-order valence-electron chi connectivity index (χ3n) is 16.6. The van der Waals surface area contributed by atoms with Crippen molar-refractivity contribution in [1.29, 1.82) is 0 Å². The molecule has 18 N–H and O–H groups in total. The number of phenols is 1. The topological polar surface area (TPSA) is 471 Å². The summed E-state index contributed by atoms with van der Waals surface area (Å²) in [5.41, 5.74) is 21.7. The minimum atomic E-state index is -1.80. The van der Waals surface area contributed by atoms with E-state index in [1.165, 1.54) is 35.5 Å². The molecular weight excluding hydrogens is 1230 g/mol. The molecule has 30 heteroatoms. The molecule has 510 valence electrons. The highest BCUT2D eigenvalue weighted by molar-refractivity contribution is 6.03. The quantitative estimate of drug-likeness (QED) is 0.0140. The monoisotopic (exact) mass is 1310 g/mol. The predicted octanol–water partition coefficient (Wildman–Crippen LogP) is -1.94. The molecule has 1 aromatic heterocycles. The molecule has 0 bridgehead atoms. The van der Waals surface area contributed by atoms with Gasteiger partial charge in [-0.25, -0.2) is 4.99 Å². The van der Waals surface area contributed by atoms with Crippen LogP contribution in [0.5, 0.6) is 5.75 Å². The number of aromatic amines is 1. The Labute approximate surface area is 549 Å². The third kappa shape index (κ3) is 20.9. The Kier molecular flexibility index (Phi) is 25.9. The number of benzene rings is 3. The molecule has 4 aromatic rings. The molecule has 2 fully saturated rings. The van der Waals surface area contributed by atoms with E-state index in [0.29, 0.717) is 39.7 Å². The van der Waals surface area contributed by atoms with Crippen molar-refractivity contribution in [2.75, 3.05) is 32.8 Å². The van der Waals surface area contributed by atoms with E-state index in [4.69, 9.17) is 17.2 Å². The molecular formula is C65H87N17O13. The maximum Gasteiger partial charge on any atom is 0.245 e. The highest BCUT2D eigenvalue weighted by Crippen LogP contribution is 2.24. The van der Waals surface area contributed by atoms with E-state index < -0.39 is 127 Å². The zero-order valence-electron chi connectivity index (χ0n) is 53.9. The summed E-state index contributed by atoms with van der Waals surface area (Å²) in [5.74, 6) is -8.95. The molecule has 3 aliphatic rings. The average molecular weight is 1310 g/mol. The summed E-state index contributed by atoms with van der Waals surface area (Å²) in [6.07, 6.45) is 3.44. The van der Waals surface area contributed by atoms with Gasteiger partial charge in [0.15, 0.2) is 5.96 Å². The lowest BCUT2D eigenvalue weighted by Gasteiger charge is -2.31. The molecule has 3 aromatic carbocycles. The van der Waals surface area contributed by atoms with Crippen LogP contribution in [0.25, 0.3) is 10.9 Å². The number of phenolic OH excluding ortho intramolecular Hbond substituents is 1. The van der Waals surface area contributed by atoms with E-state index in [0.717, 1.165) is 16.7 Å². The lowest BCUT2D eigenvalue weighted by Crippen LogP contribution is -2.61. The average Bonchev–Trinajstić information content (AvgIpc) is 1.82. The largest absolute Gasteiger partial charge is 0.508 e. The van der Waals surface area contributed by atoms with Crippen molar-refractivity contribution >= 4 is 93.9 Å². The van der Waals surface area contributed by atoms with Gasteiger partial charge in [0.1, 0.15) is 66.5 Å². The number of fused-ring (bicyclic) bond motifs is 1. The Balaban J connectivity index is 1.16. The summed E-state index contributed by atoms with van der Waals surface area (Å²) in [7, 11) is 0. The van der Waals surface area contributed by atoms with Crippen molar-refractivity contribution < 1.29 is 63.0 Å². The standard InChI is InChI=1S/C65H87N17O13/c1-34(2)22-47(57(88)75-46(12-8-20-70-65(67)68)64(95)82-21-9-13-53(82)63(94)72-31-54(66)85)76-61(92)51(28-43-36(4)23-35(3)24-37(43)5)80-58(89)48(25-38-14-16-41(84)17-15-38)77-62(93)52(32-83)81-59(90)49(26-39-29-71-44-11-7-6-10-42(39)44)78-60(91)50(27-40-30-69-33-73-40)79-56(87)45-18-19-55(86)74-45/h6-7,10-11,14-17,23-24,29,33-34,45-53,71,83-84H,8-9,12-13,18-22,25-28,30-32H2,1-5H3,(H2,66,85)(H,72,94)(H,74,86)(H,75,88)(H,76,92)(H,77,93)(H,78,91)(H,79,87)(H,80,89)(H,81,90)(H4,67,68,70)/t45-,46-,47-,48-,49-,50-,51+,52-,53-/m0/s1. The van der Waals surface area contributed by atoms with Crippen LogP contribution in [-0.2, 0) is 72.0 Å². The van der Waals surface area contributed by atoms with E-state index in [1.807, 2.05) is 46.8 Å². The first kappa shape index (κ1) is 72.2. The van der Waals surface area contributed by atoms with Crippen LogP contribution in [0.2, 0.25) is 0 Å². The summed E-state index contributed by atoms with van der Waals surface area (Å²) in [6.45, 7) is 8.06. The summed E-state index contributed by atoms with van der Waals surface area (Å²) < 4.78 is 0. The van der Waals surface area contributed by atoms with Gasteiger partial charge in [0.25, 0.3) is 0 Å². The lowest BCUT2D eigenvalue weighted by atomic mass is 9.93. The zero-order valence-corrected chi connectivity index (χ0v) is 53.9. The Morgan fingerprint density at radius 3 is 1.89 bits per heavy atom. The van der Waals surface area contributed by atoms with Crippen molar-refractivity contribution in [2.45, 2.75) is 160 Å². The molecule has 0 saturated carbocycles. The number of nitrogens with zero attached hydrogens (tertiary/aromatic N) is 4. The fraction of sp³-hybridized carbons (Fsp3) is 0.477. The number of H-pyrrole nitrogens is 1. The van der Waals surface area contributed by atoms with Crippen molar-refractivity contribution in [3.63, 3.8) is 0 Å². The Bertz CT molecular complexity index is 3560. The number of hydrogen-bond donors (Lipinski definition) is 15. The first-order valence-corrected chi connectivity index (χ1v) is 31.6. The molecule has 3 aliphatic heterocycles. The van der Waals surface area contributed by atoms with Crippen LogP contribution in [-0.4, -0.2) is 190 Å². The number of guanidine groups is 1. The number of primary amides is 1. The van der Waals surface area contributed by atoms with Gasteiger partial charge in [-0.15, -0.1) is 0 Å². The molecule has 4 heterocycles. The number of aromatic hydroxyl groups is 1. The van der Waals surface area contributed by atoms with Crippen molar-refractivity contribution in [2.24, 2.45) is 38.1 Å². The fourth-order valence-corrected chi connectivity index (χ4v) is 11.8. The summed E-state index contributed by atoms with van der Waals surface area (Å²) in [6, 6.07) is 4.51. The van der Waals surface area contributed by atoms with Crippen LogP contribution in [0.4, 0.5) is 0 Å². The number of aliphatic hydroxyl groups excluding tert-OH is 1. The number of aryl methyl sites for hydroxylation is 3. The number of para-hydroxylation sites is 1. The van der Waals surface area contributed by atoms with Gasteiger partial charge >= 0.3 is 0 Å². The molecule has 0 aliphatic carbocycles. The second kappa shape index (κ2) is 34.1. The smallest absolute Gasteiger partial charge is 0.245 e. The fourth-order valence-electron chi connectivity index (χ4n) is 11.8. The van der Waals surface area contributed by atoms with Gasteiger partial charge < -0.3 is 85.1 Å². The van der Waals surface area contributed by atoms with Gasteiger partial charge in [0.05, 0.1) is 19.7 Å². The molecule has 9 atom stereocenters. The Morgan fingerprint density at radius 1 is 0.705 bits per heavy atom. The molecule has 0 unspecified atom stereocenters. The molecule has 0 radical (unpaired) electrons. The Morgan fingerprint density at radius 2 is 1.29 bits per heavy atom. The highest BCUT2D eigenvalue weighted by Gasteiger charge is 2.40. The van der Waals surface area contributed by atoms with Gasteiger partial charge in [0, 0.05) is 68.0 Å². The van der Waals surface area contributed by atoms with Crippen LogP contribution in [0.3, 0.4) is 0 Å². The number of nitrogens with one attached hydrogen (secondary N) is 10. The summed E-state index contributed by atoms with van der Waals surface area (Å²) in [4.78, 5) is 170. The minimum Gasteiger partial charge on any atom is -0.508 e. The van der Waals surface area contributed by atoms with Crippen LogP contribution in [0.15, 0.2) is 81.8 Å². The van der Waals surface area contributed by atoms with E-state index in [9.17, 15) is 53.4 Å². The van der Waals surface area contributed by atoms with E-state index in [1.54, 1.807) is 30.5 Å². The number of aromatic nitrogens is 1. The van der Waals surface area contributed by atoms with Crippen LogP contribution in [0.1, 0.15) is 98.6 Å². The van der Waals surface area contributed by atoms with Crippen LogP contribution < -0.4 is 65.1 Å². The Hall–Kier alpha value is -10.3. The molecule has 95 heavy (non-hydrogen) atoms. The molecule has 11 amide bonds. The van der Waals surface area contributed by atoms with Gasteiger partial charge in [0.2, 0.25) is 65.0 Å². The van der Waals surface area contributed by atoms with Crippen molar-refractivity contribution in [3.05, 3.63) is 100 Å². The van der Waals surface area contributed by atoms with Gasteiger partial charge in [-0.1, -0.05) is 61.9 Å². The van der Waals surface area contributed by atoms with E-state index >= 15 is 9.59 Å². The second-order valence-corrected chi connectivity index (χ2v) is 24.6. The molecule has 2 saturated heterocycles. The van der Waals surface area contributed by atoms with Gasteiger partial charge in [-0.3, -0.25) is 62.7 Å². The number of likely N-dealkylation sites (tertiary alicyclic amines) is 1. The number of carbonyl (C=O) groups excluding carboxylic acids is 11. The highest BCUT2D eigenvalue weighted by atomic mass is 16.3. The second-order valence-electron chi connectivity index (χ2n) is 24.6. The minimum absolute atomic E-state index is 0.00367. The van der Waals surface area contributed by atoms with E-state index in [2.05, 4.69) is 67.8 Å². The molecule has 7 rings (SSSR count). The zero-order chi connectivity index (χ0) is 69.0. The van der Waals surface area contributed by atoms with Crippen molar-refractivity contribution in [1.82, 2.24) is 57.7 Å². The number of aliphatic imine (C=N–C) groups is 3. The number of rotatable bonds is 33. The molecule has 0 spiro atoms. The number of amides is 11. The molecule has 30 nitrogen and oxygen atoms in total. The maximum atomic E-state index is 15.1. The van der Waals surface area contributed by atoms with Gasteiger partial charge in [-0.05, 0) is 111 Å². The third-order valence-corrected chi connectivity index (χ3v) is 16.6. The van der Waals surface area contributed by atoms with Crippen LogP contribution >= 0.6 is 0 Å². The first-order chi connectivity index (χ1) is 45.3. The normalized spacial score (nSPS) is 17.2. The number of aliphatic hydroxyl groups is 1. The van der Waals surface area contributed by atoms with E-state index in [-0.39, 0.29) is 107 Å². The number of nitrogens with two attached hydrogens (primary N) is 3. The maximum absolute atomic E-state index is 15.1. The SMILES string of the molecule is Cc1cc(C)c(C[C@@H](NC(=O)[C@H](Cc2ccc(O)cc2)NC(=O)[C@H](CO)NC(=O)[C@H](Cc2c[nH]c3ccccc23)NC(=O)[C@H](CC2=NC=NC2)NC(=O)[C@@H]2CCC(=O)N2)C(=O)N[C@@H](CC(C)C)C(=O)N[C@@H](CCCN=C(N)N)C(=O)N2CCC[C@H]2C(=O)NCC(N)=O)c(C)c1. The van der Waals surface area contributed by atoms with Crippen LogP contribution in [0, 0.1) is 26.7 Å². The predicted molar refractivity (Wildman–Crippen MR) is 352 cm³/mol. The van der Waals surface area contributed by atoms with Crippen molar-refractivity contribution in [3.8, 4) is 5.75 Å². The number of hydrogen-bond acceptors (Lipinski definition) is 16.